The number of rotatable bonds is 6. The van der Waals surface area contributed by atoms with Crippen LogP contribution in [-0.2, 0) is 5.75 Å². The molecule has 0 spiro atoms. The van der Waals surface area contributed by atoms with Crippen LogP contribution in [0, 0.1) is 0 Å². The number of benzene rings is 1. The molecule has 0 bridgehead atoms. The fourth-order valence-electron chi connectivity index (χ4n) is 1.80. The second-order valence-electron chi connectivity index (χ2n) is 4.40. The molecule has 20 heavy (non-hydrogen) atoms. The lowest BCUT2D eigenvalue weighted by molar-refractivity contribution is 0.0678. The summed E-state index contributed by atoms with van der Waals surface area (Å²) >= 11 is 1.50. The Balaban J connectivity index is 1.99. The molecule has 0 aliphatic carbocycles. The summed E-state index contributed by atoms with van der Waals surface area (Å²) in [6.45, 7) is -0.450. The normalized spacial score (nSPS) is 12.8. The summed E-state index contributed by atoms with van der Waals surface area (Å²) in [5, 5.41) is 3.17. The Labute approximate surface area is 121 Å². The highest BCUT2D eigenvalue weighted by Gasteiger charge is 2.11. The number of aromatic nitrogens is 2. The molecule has 3 nitrogen and oxygen atoms in total. The summed E-state index contributed by atoms with van der Waals surface area (Å²) in [6.07, 6.45) is 2.71. The molecular formula is C14H17F2N3S. The van der Waals surface area contributed by atoms with Crippen LogP contribution in [0.4, 0.5) is 8.78 Å². The van der Waals surface area contributed by atoms with Crippen molar-refractivity contribution >= 4 is 11.8 Å². The van der Waals surface area contributed by atoms with E-state index in [1.54, 1.807) is 0 Å². The van der Waals surface area contributed by atoms with Crippen molar-refractivity contribution < 1.29 is 8.78 Å². The Bertz CT molecular complexity index is 540. The summed E-state index contributed by atoms with van der Waals surface area (Å²) in [6, 6.07) is 8.39. The summed E-state index contributed by atoms with van der Waals surface area (Å²) < 4.78 is 26.2. The first-order chi connectivity index (χ1) is 9.61. The van der Waals surface area contributed by atoms with Gasteiger partial charge in [0.25, 0.3) is 0 Å². The lowest BCUT2D eigenvalue weighted by Crippen LogP contribution is -2.11. The van der Waals surface area contributed by atoms with Crippen molar-refractivity contribution in [3.63, 3.8) is 0 Å². The lowest BCUT2D eigenvalue weighted by Gasteiger charge is -2.11. The zero-order chi connectivity index (χ0) is 14.5. The maximum atomic E-state index is 12.7. The Morgan fingerprint density at radius 2 is 2.00 bits per heavy atom. The molecule has 0 aliphatic rings. The molecule has 1 aromatic carbocycles. The number of alkyl halides is 2. The number of imidazole rings is 1. The van der Waals surface area contributed by atoms with Crippen LogP contribution in [-0.4, -0.2) is 16.6 Å². The van der Waals surface area contributed by atoms with Crippen LogP contribution < -0.4 is 5.32 Å². The van der Waals surface area contributed by atoms with Gasteiger partial charge in [-0.3, -0.25) is 4.57 Å². The maximum absolute atomic E-state index is 12.7. The zero-order valence-corrected chi connectivity index (χ0v) is 12.2. The molecule has 0 fully saturated rings. The predicted octanol–water partition coefficient (Wildman–Crippen LogP) is 3.85. The fourth-order valence-corrected chi connectivity index (χ4v) is 2.65. The van der Waals surface area contributed by atoms with Gasteiger partial charge >= 0.3 is 6.55 Å². The molecule has 0 aliphatic heterocycles. The van der Waals surface area contributed by atoms with Crippen LogP contribution in [0.2, 0.25) is 0 Å². The molecule has 1 atom stereocenters. The molecular weight excluding hydrogens is 280 g/mol. The van der Waals surface area contributed by atoms with Crippen molar-refractivity contribution in [3.05, 3.63) is 48.0 Å². The maximum Gasteiger partial charge on any atom is 0.319 e. The van der Waals surface area contributed by atoms with E-state index in [9.17, 15) is 8.78 Å². The summed E-state index contributed by atoms with van der Waals surface area (Å²) in [4.78, 5) is 5.01. The van der Waals surface area contributed by atoms with Gasteiger partial charge in [-0.1, -0.05) is 12.1 Å². The van der Waals surface area contributed by atoms with Gasteiger partial charge < -0.3 is 5.32 Å². The Morgan fingerprint density at radius 3 is 2.60 bits per heavy atom. The van der Waals surface area contributed by atoms with Gasteiger partial charge in [0.05, 0.1) is 5.75 Å². The third-order valence-corrected chi connectivity index (χ3v) is 4.15. The van der Waals surface area contributed by atoms with Gasteiger partial charge in [0, 0.05) is 23.3 Å². The van der Waals surface area contributed by atoms with E-state index in [1.165, 1.54) is 29.7 Å². The standard InChI is InChI=1S/C14H17F2N3S/c1-10(17-2)11-3-5-12(6-4-11)20-9-13-18-7-8-19(13)14(15)16/h3-8,10,14,17H,9H2,1-2H3. The highest BCUT2D eigenvalue weighted by Crippen LogP contribution is 2.25. The molecule has 1 heterocycles. The van der Waals surface area contributed by atoms with E-state index in [0.29, 0.717) is 17.6 Å². The third-order valence-electron chi connectivity index (χ3n) is 3.14. The van der Waals surface area contributed by atoms with E-state index in [1.807, 2.05) is 31.3 Å². The van der Waals surface area contributed by atoms with Gasteiger partial charge in [0.2, 0.25) is 0 Å². The summed E-state index contributed by atoms with van der Waals surface area (Å²) in [7, 11) is 1.91. The monoisotopic (exact) mass is 297 g/mol. The molecule has 108 valence electrons. The van der Waals surface area contributed by atoms with Crippen molar-refractivity contribution in [2.45, 2.75) is 30.2 Å². The molecule has 0 amide bonds. The van der Waals surface area contributed by atoms with Gasteiger partial charge in [0.1, 0.15) is 5.82 Å². The first kappa shape index (κ1) is 15.0. The second kappa shape index (κ2) is 6.85. The minimum Gasteiger partial charge on any atom is -0.313 e. The second-order valence-corrected chi connectivity index (χ2v) is 5.45. The highest BCUT2D eigenvalue weighted by molar-refractivity contribution is 7.98. The van der Waals surface area contributed by atoms with Gasteiger partial charge in [-0.15, -0.1) is 11.8 Å². The number of thioether (sulfide) groups is 1. The number of hydrogen-bond donors (Lipinski definition) is 1. The fraction of sp³-hybridized carbons (Fsp3) is 0.357. The van der Waals surface area contributed by atoms with Crippen LogP contribution in [0.1, 0.15) is 30.9 Å². The molecule has 0 radical (unpaired) electrons. The number of halogens is 2. The van der Waals surface area contributed by atoms with Gasteiger partial charge in [0.15, 0.2) is 0 Å². The van der Waals surface area contributed by atoms with Crippen molar-refractivity contribution in [1.82, 2.24) is 14.9 Å². The molecule has 1 aromatic heterocycles. The molecule has 0 saturated heterocycles. The van der Waals surface area contributed by atoms with E-state index in [2.05, 4.69) is 17.2 Å². The number of nitrogens with zero attached hydrogens (tertiary/aromatic N) is 2. The van der Waals surface area contributed by atoms with E-state index >= 15 is 0 Å². The molecule has 2 aromatic rings. The molecule has 0 saturated carbocycles. The Hall–Kier alpha value is -1.40. The van der Waals surface area contributed by atoms with Crippen LogP contribution in [0.3, 0.4) is 0 Å². The van der Waals surface area contributed by atoms with Crippen LogP contribution in [0.15, 0.2) is 41.6 Å². The van der Waals surface area contributed by atoms with Crippen LogP contribution >= 0.6 is 11.8 Å². The average Bonchev–Trinajstić information content (AvgIpc) is 2.93. The average molecular weight is 297 g/mol. The number of nitrogens with one attached hydrogen (secondary N) is 1. The molecule has 6 heteroatoms. The van der Waals surface area contributed by atoms with E-state index in [0.717, 1.165) is 9.46 Å². The molecule has 1 N–H and O–H groups in total. The smallest absolute Gasteiger partial charge is 0.313 e. The SMILES string of the molecule is CNC(C)c1ccc(SCc2nccn2C(F)F)cc1. The Kier molecular flexibility index (Phi) is 5.14. The summed E-state index contributed by atoms with van der Waals surface area (Å²) in [5.74, 6) is 0.816. The van der Waals surface area contributed by atoms with Crippen molar-refractivity contribution in [2.75, 3.05) is 7.05 Å². The van der Waals surface area contributed by atoms with E-state index in [-0.39, 0.29) is 0 Å². The molecule has 2 rings (SSSR count). The first-order valence-corrected chi connectivity index (χ1v) is 7.30. The minimum atomic E-state index is -2.54. The highest BCUT2D eigenvalue weighted by atomic mass is 32.2. The minimum absolute atomic E-state index is 0.298. The van der Waals surface area contributed by atoms with E-state index in [4.69, 9.17) is 0 Å². The predicted molar refractivity (Wildman–Crippen MR) is 77.0 cm³/mol. The van der Waals surface area contributed by atoms with Crippen molar-refractivity contribution in [1.29, 1.82) is 0 Å². The third kappa shape index (κ3) is 3.58. The van der Waals surface area contributed by atoms with Crippen molar-refractivity contribution in [3.8, 4) is 0 Å². The van der Waals surface area contributed by atoms with Gasteiger partial charge in [-0.05, 0) is 31.7 Å². The topological polar surface area (TPSA) is 29.9 Å². The lowest BCUT2D eigenvalue weighted by atomic mass is 10.1. The van der Waals surface area contributed by atoms with Gasteiger partial charge in [-0.2, -0.15) is 8.78 Å². The summed E-state index contributed by atoms with van der Waals surface area (Å²) in [5.41, 5.74) is 1.20. The largest absolute Gasteiger partial charge is 0.319 e. The Morgan fingerprint density at radius 1 is 1.30 bits per heavy atom. The van der Waals surface area contributed by atoms with Crippen LogP contribution in [0.5, 0.6) is 0 Å². The number of hydrogen-bond acceptors (Lipinski definition) is 3. The quantitative estimate of drug-likeness (QED) is 0.821. The van der Waals surface area contributed by atoms with Crippen LogP contribution in [0.25, 0.3) is 0 Å². The first-order valence-electron chi connectivity index (χ1n) is 6.31. The molecule has 1 unspecified atom stereocenters. The van der Waals surface area contributed by atoms with Gasteiger partial charge in [-0.25, -0.2) is 4.98 Å². The zero-order valence-electron chi connectivity index (χ0n) is 11.4. The van der Waals surface area contributed by atoms with E-state index < -0.39 is 6.55 Å². The van der Waals surface area contributed by atoms with Crippen molar-refractivity contribution in [2.24, 2.45) is 0 Å².